The average molecular weight is 561 g/mol. The molecule has 4 fully saturated rings. The third-order valence-electron chi connectivity index (χ3n) is 8.67. The van der Waals surface area contributed by atoms with E-state index in [0.29, 0.717) is 24.7 Å². The molecule has 1 heterocycles. The maximum Gasteiger partial charge on any atom is 0.481 e. The Labute approximate surface area is 237 Å². The SMILES string of the molecule is C/C=C/C=C/C(=O)N[C@@H](CCCN=C(N)N[N+](=O)[O-])C(=O)N[C@@H](CC(C)C)B1O[C@@H]2C[C@H]3C[C@H](C3(C)C)[C@]2(C)O1. The van der Waals surface area contributed by atoms with E-state index in [1.54, 1.807) is 23.7 Å². The number of hydrogen-bond acceptors (Lipinski definition) is 7. The van der Waals surface area contributed by atoms with Gasteiger partial charge in [-0.2, -0.15) is 0 Å². The summed E-state index contributed by atoms with van der Waals surface area (Å²) in [6.07, 6.45) is 9.78. The summed E-state index contributed by atoms with van der Waals surface area (Å²) in [5, 5.41) is 15.6. The van der Waals surface area contributed by atoms with Crippen LogP contribution in [0.2, 0.25) is 0 Å². The van der Waals surface area contributed by atoms with E-state index in [0.717, 1.165) is 12.8 Å². The second-order valence-electron chi connectivity index (χ2n) is 12.3. The number of nitro groups is 1. The number of nitrogens with two attached hydrogens (primary N) is 1. The molecular formula is C27H45BN6O6. The van der Waals surface area contributed by atoms with E-state index in [4.69, 9.17) is 15.0 Å². The molecule has 2 amide bonds. The molecule has 2 bridgehead atoms. The summed E-state index contributed by atoms with van der Waals surface area (Å²) in [6, 6.07) is -0.858. The van der Waals surface area contributed by atoms with Crippen LogP contribution in [-0.2, 0) is 18.9 Å². The Hall–Kier alpha value is -2.93. The summed E-state index contributed by atoms with van der Waals surface area (Å²) in [5.41, 5.74) is 7.07. The van der Waals surface area contributed by atoms with Gasteiger partial charge in [-0.3, -0.25) is 9.59 Å². The minimum absolute atomic E-state index is 0.0100. The predicted octanol–water partition coefficient (Wildman–Crippen LogP) is 2.28. The van der Waals surface area contributed by atoms with Crippen LogP contribution in [0.15, 0.2) is 29.3 Å². The maximum absolute atomic E-state index is 13.6. The van der Waals surface area contributed by atoms with E-state index in [9.17, 15) is 19.7 Å². The van der Waals surface area contributed by atoms with Crippen molar-refractivity contribution in [2.24, 2.45) is 33.9 Å². The van der Waals surface area contributed by atoms with Crippen molar-refractivity contribution in [1.29, 1.82) is 0 Å². The highest BCUT2D eigenvalue weighted by atomic mass is 16.7. The fourth-order valence-corrected chi connectivity index (χ4v) is 6.47. The minimum Gasteiger partial charge on any atom is -0.404 e. The predicted molar refractivity (Wildman–Crippen MR) is 153 cm³/mol. The summed E-state index contributed by atoms with van der Waals surface area (Å²) in [5.74, 6) is -0.206. The van der Waals surface area contributed by atoms with Crippen LogP contribution in [0.1, 0.15) is 73.6 Å². The lowest BCUT2D eigenvalue weighted by Gasteiger charge is -2.64. The first-order chi connectivity index (χ1) is 18.8. The van der Waals surface area contributed by atoms with Crippen LogP contribution in [-0.4, -0.2) is 60.2 Å². The van der Waals surface area contributed by atoms with Crippen molar-refractivity contribution < 1.29 is 23.9 Å². The number of amides is 2. The Morgan fingerprint density at radius 1 is 1.23 bits per heavy atom. The maximum atomic E-state index is 13.6. The molecule has 4 rings (SSSR count). The van der Waals surface area contributed by atoms with Gasteiger partial charge in [-0.15, -0.1) is 0 Å². The van der Waals surface area contributed by atoms with Crippen molar-refractivity contribution in [3.05, 3.63) is 34.4 Å². The number of rotatable bonds is 13. The monoisotopic (exact) mass is 560 g/mol. The molecule has 1 saturated heterocycles. The quantitative estimate of drug-likeness (QED) is 0.0389. The van der Waals surface area contributed by atoms with Crippen LogP contribution >= 0.6 is 0 Å². The number of aliphatic imine (C=N–C) groups is 1. The van der Waals surface area contributed by atoms with Crippen LogP contribution in [0.25, 0.3) is 0 Å². The van der Waals surface area contributed by atoms with Gasteiger partial charge >= 0.3 is 7.12 Å². The highest BCUT2D eigenvalue weighted by Gasteiger charge is 2.68. The number of guanidine groups is 1. The number of nitrogens with zero attached hydrogens (tertiary/aromatic N) is 2. The fraction of sp³-hybridized carbons (Fsp3) is 0.741. The Morgan fingerprint density at radius 3 is 2.58 bits per heavy atom. The van der Waals surface area contributed by atoms with Gasteiger partial charge in [0.05, 0.1) is 17.6 Å². The van der Waals surface area contributed by atoms with E-state index < -0.39 is 35.6 Å². The molecule has 40 heavy (non-hydrogen) atoms. The molecular weight excluding hydrogens is 515 g/mol. The van der Waals surface area contributed by atoms with E-state index in [1.807, 2.05) is 6.92 Å². The molecule has 12 nitrogen and oxygen atoms in total. The number of hydrazine groups is 1. The molecule has 0 unspecified atom stereocenters. The van der Waals surface area contributed by atoms with Crippen LogP contribution in [0.3, 0.4) is 0 Å². The third-order valence-corrected chi connectivity index (χ3v) is 8.67. The normalized spacial score (nSPS) is 28.7. The first kappa shape index (κ1) is 31.6. The summed E-state index contributed by atoms with van der Waals surface area (Å²) >= 11 is 0. The van der Waals surface area contributed by atoms with Gasteiger partial charge in [0.1, 0.15) is 6.04 Å². The molecule has 6 atom stereocenters. The summed E-state index contributed by atoms with van der Waals surface area (Å²) in [6.45, 7) is 12.9. The summed E-state index contributed by atoms with van der Waals surface area (Å²) in [7, 11) is -0.583. The fourth-order valence-electron chi connectivity index (χ4n) is 6.47. The van der Waals surface area contributed by atoms with E-state index in [-0.39, 0.29) is 42.3 Å². The summed E-state index contributed by atoms with van der Waals surface area (Å²) in [4.78, 5) is 40.5. The van der Waals surface area contributed by atoms with Gasteiger partial charge in [-0.05, 0) is 69.1 Å². The van der Waals surface area contributed by atoms with Crippen LogP contribution in [0, 0.1) is 33.3 Å². The molecule has 5 N–H and O–H groups in total. The van der Waals surface area contributed by atoms with Crippen molar-refractivity contribution in [1.82, 2.24) is 16.1 Å². The van der Waals surface area contributed by atoms with Crippen molar-refractivity contribution in [3.63, 3.8) is 0 Å². The van der Waals surface area contributed by atoms with Crippen molar-refractivity contribution in [2.45, 2.75) is 97.3 Å². The smallest absolute Gasteiger partial charge is 0.404 e. The first-order valence-corrected chi connectivity index (χ1v) is 14.2. The molecule has 1 aliphatic heterocycles. The molecule has 4 aliphatic rings. The van der Waals surface area contributed by atoms with Crippen molar-refractivity contribution in [3.8, 4) is 0 Å². The van der Waals surface area contributed by atoms with Gasteiger partial charge in [-0.25, -0.2) is 15.1 Å². The number of carbonyl (C=O) groups excluding carboxylic acids is 2. The molecule has 0 spiro atoms. The third kappa shape index (κ3) is 7.42. The van der Waals surface area contributed by atoms with E-state index >= 15 is 0 Å². The van der Waals surface area contributed by atoms with Gasteiger partial charge in [-0.1, -0.05) is 51.3 Å². The lowest BCUT2D eigenvalue weighted by molar-refractivity contribution is -0.525. The minimum atomic E-state index is -0.858. The van der Waals surface area contributed by atoms with Crippen molar-refractivity contribution in [2.75, 3.05) is 6.54 Å². The first-order valence-electron chi connectivity index (χ1n) is 14.2. The highest BCUT2D eigenvalue weighted by molar-refractivity contribution is 6.48. The number of carbonyl (C=O) groups is 2. The average Bonchev–Trinajstić information content (AvgIpc) is 3.22. The standard InChI is InChI=1S/C27H45BN6O6/c1-7-8-9-12-23(35)31-19(11-10-13-30-25(29)33-34(37)38)24(36)32-22(14-17(2)3)28-39-21-16-18-15-20(26(18,4)5)27(21,6)40-28/h7-9,12,17-22H,10-11,13-16H2,1-6H3,(H,31,35)(H,32,36)(H3,29,30,33)/b8-7+,12-9+/t18-,19+,20-,21-,22+,27+/m1/s1. The topological polar surface area (TPSA) is 170 Å². The molecule has 0 aromatic rings. The molecule has 222 valence electrons. The summed E-state index contributed by atoms with van der Waals surface area (Å²) < 4.78 is 13.1. The van der Waals surface area contributed by atoms with Gasteiger partial charge in [0.25, 0.3) is 5.96 Å². The zero-order valence-corrected chi connectivity index (χ0v) is 24.5. The van der Waals surface area contributed by atoms with Gasteiger partial charge < -0.3 is 25.7 Å². The molecule has 0 radical (unpaired) electrons. The lowest BCUT2D eigenvalue weighted by atomic mass is 9.43. The Bertz CT molecular complexity index is 1030. The van der Waals surface area contributed by atoms with Crippen LogP contribution in [0.4, 0.5) is 0 Å². The molecule has 0 aromatic heterocycles. The van der Waals surface area contributed by atoms with Crippen LogP contribution in [0.5, 0.6) is 0 Å². The molecule has 0 aromatic carbocycles. The highest BCUT2D eigenvalue weighted by Crippen LogP contribution is 2.65. The lowest BCUT2D eigenvalue weighted by Crippen LogP contribution is -2.65. The molecule has 3 aliphatic carbocycles. The van der Waals surface area contributed by atoms with Crippen molar-refractivity contribution >= 4 is 24.9 Å². The largest absolute Gasteiger partial charge is 0.481 e. The van der Waals surface area contributed by atoms with E-state index in [2.05, 4.69) is 50.2 Å². The Kier molecular flexibility index (Phi) is 10.4. The van der Waals surface area contributed by atoms with Gasteiger partial charge in [0.15, 0.2) is 5.03 Å². The number of allylic oxidation sites excluding steroid dienone is 3. The molecule has 3 saturated carbocycles. The Morgan fingerprint density at radius 2 is 1.95 bits per heavy atom. The number of hydrogen-bond donors (Lipinski definition) is 4. The second-order valence-corrected chi connectivity index (χ2v) is 12.3. The second kappa shape index (κ2) is 13.2. The molecule has 13 heteroatoms. The van der Waals surface area contributed by atoms with Gasteiger partial charge in [0, 0.05) is 12.6 Å². The number of nitrogens with one attached hydrogen (secondary N) is 3. The van der Waals surface area contributed by atoms with Gasteiger partial charge in [0.2, 0.25) is 11.8 Å². The zero-order chi connectivity index (χ0) is 29.7. The Balaban J connectivity index is 1.70. The zero-order valence-electron chi connectivity index (χ0n) is 24.5. The van der Waals surface area contributed by atoms with Crippen LogP contribution < -0.4 is 21.8 Å². The van der Waals surface area contributed by atoms with E-state index in [1.165, 1.54) is 6.08 Å².